The van der Waals surface area contributed by atoms with E-state index in [-0.39, 0.29) is 0 Å². The maximum atomic E-state index is 5.32. The first kappa shape index (κ1) is 13.6. The summed E-state index contributed by atoms with van der Waals surface area (Å²) in [7, 11) is 0. The van der Waals surface area contributed by atoms with Crippen LogP contribution < -0.4 is 0 Å². The Hall–Kier alpha value is -0.380. The zero-order valence-corrected chi connectivity index (χ0v) is 9.17. The summed E-state index contributed by atoms with van der Waals surface area (Å²) >= 11 is 0. The highest BCUT2D eigenvalue weighted by molar-refractivity contribution is 4.63. The van der Waals surface area contributed by atoms with Gasteiger partial charge in [0.05, 0.1) is 33.0 Å². The van der Waals surface area contributed by atoms with Gasteiger partial charge in [0.25, 0.3) is 0 Å². The number of ether oxygens (including phenoxy) is 3. The minimum Gasteiger partial charge on any atom is -0.379 e. The van der Waals surface area contributed by atoms with E-state index in [1.54, 1.807) is 6.08 Å². The van der Waals surface area contributed by atoms with Crippen LogP contribution in [0, 0.1) is 0 Å². The molecule has 14 heavy (non-hydrogen) atoms. The molecule has 0 aromatic rings. The van der Waals surface area contributed by atoms with Crippen molar-refractivity contribution in [3.05, 3.63) is 12.7 Å². The summed E-state index contributed by atoms with van der Waals surface area (Å²) in [5.41, 5.74) is 0. The van der Waals surface area contributed by atoms with Crippen LogP contribution in [0.1, 0.15) is 19.8 Å². The van der Waals surface area contributed by atoms with E-state index >= 15 is 0 Å². The van der Waals surface area contributed by atoms with Crippen LogP contribution in [0.2, 0.25) is 0 Å². The molecule has 0 N–H and O–H groups in total. The average molecular weight is 202 g/mol. The molecule has 0 aliphatic rings. The Labute approximate surface area is 87.0 Å². The molecule has 0 unspecified atom stereocenters. The van der Waals surface area contributed by atoms with Crippen LogP contribution in [0.15, 0.2) is 12.7 Å². The second-order valence-corrected chi connectivity index (χ2v) is 2.94. The van der Waals surface area contributed by atoms with Crippen LogP contribution in [-0.4, -0.2) is 39.6 Å². The third-order valence-electron chi connectivity index (χ3n) is 1.62. The van der Waals surface area contributed by atoms with Crippen LogP contribution in [0.5, 0.6) is 0 Å². The minimum atomic E-state index is 0.594. The molecule has 0 rings (SSSR count). The van der Waals surface area contributed by atoms with E-state index in [1.165, 1.54) is 6.42 Å². The zero-order valence-electron chi connectivity index (χ0n) is 9.17. The SMILES string of the molecule is C=CCOCCOCCOCCCC. The van der Waals surface area contributed by atoms with Crippen LogP contribution in [0.3, 0.4) is 0 Å². The zero-order chi connectivity index (χ0) is 10.5. The van der Waals surface area contributed by atoms with Gasteiger partial charge >= 0.3 is 0 Å². The summed E-state index contributed by atoms with van der Waals surface area (Å²) in [6.45, 7) is 9.73. The molecule has 0 aliphatic carbocycles. The van der Waals surface area contributed by atoms with Gasteiger partial charge in [-0.25, -0.2) is 0 Å². The number of unbranched alkanes of at least 4 members (excludes halogenated alkanes) is 1. The highest BCUT2D eigenvalue weighted by atomic mass is 16.5. The lowest BCUT2D eigenvalue weighted by atomic mass is 10.4. The van der Waals surface area contributed by atoms with Crippen molar-refractivity contribution in [1.29, 1.82) is 0 Å². The van der Waals surface area contributed by atoms with Crippen LogP contribution >= 0.6 is 0 Å². The predicted octanol–water partition coefficient (Wildman–Crippen LogP) is 2.02. The Morgan fingerprint density at radius 3 is 2.07 bits per heavy atom. The summed E-state index contributed by atoms with van der Waals surface area (Å²) < 4.78 is 15.7. The fourth-order valence-corrected chi connectivity index (χ4v) is 0.853. The lowest BCUT2D eigenvalue weighted by Crippen LogP contribution is -2.09. The van der Waals surface area contributed by atoms with Gasteiger partial charge in [0.15, 0.2) is 0 Å². The molecule has 0 aromatic carbocycles. The van der Waals surface area contributed by atoms with Gasteiger partial charge in [0, 0.05) is 6.61 Å². The van der Waals surface area contributed by atoms with Gasteiger partial charge < -0.3 is 14.2 Å². The molecule has 0 atom stereocenters. The van der Waals surface area contributed by atoms with Crippen molar-refractivity contribution in [2.75, 3.05) is 39.6 Å². The van der Waals surface area contributed by atoms with E-state index in [1.807, 2.05) is 0 Å². The first-order valence-corrected chi connectivity index (χ1v) is 5.26. The summed E-state index contributed by atoms with van der Waals surface area (Å²) in [5.74, 6) is 0. The Kier molecular flexibility index (Phi) is 12.3. The molecule has 0 saturated heterocycles. The molecule has 0 aromatic heterocycles. The fraction of sp³-hybridized carbons (Fsp3) is 0.818. The fourth-order valence-electron chi connectivity index (χ4n) is 0.853. The highest BCUT2D eigenvalue weighted by Gasteiger charge is 1.89. The lowest BCUT2D eigenvalue weighted by molar-refractivity contribution is 0.0190. The average Bonchev–Trinajstić information content (AvgIpc) is 2.21. The Morgan fingerprint density at radius 2 is 1.50 bits per heavy atom. The van der Waals surface area contributed by atoms with Gasteiger partial charge in [-0.05, 0) is 6.42 Å². The van der Waals surface area contributed by atoms with Crippen molar-refractivity contribution >= 4 is 0 Å². The molecule has 3 nitrogen and oxygen atoms in total. The molecular formula is C11H22O3. The molecule has 84 valence electrons. The van der Waals surface area contributed by atoms with E-state index in [2.05, 4.69) is 13.5 Å². The van der Waals surface area contributed by atoms with Gasteiger partial charge in [0.1, 0.15) is 0 Å². The lowest BCUT2D eigenvalue weighted by Gasteiger charge is -2.05. The molecule has 0 aliphatic heterocycles. The first-order valence-electron chi connectivity index (χ1n) is 5.26. The van der Waals surface area contributed by atoms with Crippen LogP contribution in [-0.2, 0) is 14.2 Å². The molecular weight excluding hydrogens is 180 g/mol. The van der Waals surface area contributed by atoms with Gasteiger partial charge in [-0.15, -0.1) is 6.58 Å². The van der Waals surface area contributed by atoms with Crippen LogP contribution in [0.4, 0.5) is 0 Å². The maximum absolute atomic E-state index is 5.32. The Bertz CT molecular complexity index is 115. The van der Waals surface area contributed by atoms with Crippen LogP contribution in [0.25, 0.3) is 0 Å². The topological polar surface area (TPSA) is 27.7 Å². The molecule has 0 fully saturated rings. The highest BCUT2D eigenvalue weighted by Crippen LogP contribution is 1.87. The molecule has 0 radical (unpaired) electrons. The van der Waals surface area contributed by atoms with Crippen molar-refractivity contribution in [3.63, 3.8) is 0 Å². The summed E-state index contributed by atoms with van der Waals surface area (Å²) in [5, 5.41) is 0. The number of rotatable bonds is 11. The third kappa shape index (κ3) is 11.6. The molecule has 0 amide bonds. The summed E-state index contributed by atoms with van der Waals surface area (Å²) in [6, 6.07) is 0. The van der Waals surface area contributed by atoms with Crippen molar-refractivity contribution < 1.29 is 14.2 Å². The van der Waals surface area contributed by atoms with Gasteiger partial charge in [-0.1, -0.05) is 19.4 Å². The van der Waals surface area contributed by atoms with Gasteiger partial charge in [-0.3, -0.25) is 0 Å². The quantitative estimate of drug-likeness (QED) is 0.379. The normalized spacial score (nSPS) is 10.4. The Balaban J connectivity index is 2.81. The molecule has 0 heterocycles. The van der Waals surface area contributed by atoms with E-state index in [9.17, 15) is 0 Å². The first-order chi connectivity index (χ1) is 6.91. The Morgan fingerprint density at radius 1 is 0.929 bits per heavy atom. The molecule has 0 saturated carbocycles. The standard InChI is InChI=1S/C11H22O3/c1-3-5-7-13-9-11-14-10-8-12-6-4-2/h4H,2-3,5-11H2,1H3. The smallest absolute Gasteiger partial charge is 0.0704 e. The van der Waals surface area contributed by atoms with E-state index in [0.717, 1.165) is 13.0 Å². The van der Waals surface area contributed by atoms with Crippen molar-refractivity contribution in [2.45, 2.75) is 19.8 Å². The van der Waals surface area contributed by atoms with Gasteiger partial charge in [0.2, 0.25) is 0 Å². The number of hydrogen-bond donors (Lipinski definition) is 0. The van der Waals surface area contributed by atoms with E-state index < -0.39 is 0 Å². The molecule has 0 bridgehead atoms. The van der Waals surface area contributed by atoms with Crippen molar-refractivity contribution in [1.82, 2.24) is 0 Å². The third-order valence-corrected chi connectivity index (χ3v) is 1.62. The number of hydrogen-bond acceptors (Lipinski definition) is 3. The monoisotopic (exact) mass is 202 g/mol. The van der Waals surface area contributed by atoms with E-state index in [0.29, 0.717) is 33.0 Å². The second-order valence-electron chi connectivity index (χ2n) is 2.94. The van der Waals surface area contributed by atoms with Gasteiger partial charge in [-0.2, -0.15) is 0 Å². The minimum absolute atomic E-state index is 0.594. The molecule has 3 heteroatoms. The molecule has 0 spiro atoms. The largest absolute Gasteiger partial charge is 0.379 e. The van der Waals surface area contributed by atoms with Crippen molar-refractivity contribution in [2.24, 2.45) is 0 Å². The summed E-state index contributed by atoms with van der Waals surface area (Å²) in [6.07, 6.45) is 4.03. The second kappa shape index (κ2) is 12.6. The summed E-state index contributed by atoms with van der Waals surface area (Å²) in [4.78, 5) is 0. The maximum Gasteiger partial charge on any atom is 0.0704 e. The van der Waals surface area contributed by atoms with Crippen molar-refractivity contribution in [3.8, 4) is 0 Å². The van der Waals surface area contributed by atoms with E-state index in [4.69, 9.17) is 14.2 Å². The predicted molar refractivity (Wildman–Crippen MR) is 57.6 cm³/mol.